The van der Waals surface area contributed by atoms with Crippen molar-refractivity contribution in [3.8, 4) is 5.75 Å². The number of pyridine rings is 1. The molecule has 1 aliphatic rings. The van der Waals surface area contributed by atoms with Gasteiger partial charge in [-0.1, -0.05) is 0 Å². The van der Waals surface area contributed by atoms with Crippen LogP contribution in [0, 0.1) is 0 Å². The summed E-state index contributed by atoms with van der Waals surface area (Å²) in [5.74, 6) is 0.372. The normalized spacial score (nSPS) is 13.9. The predicted molar refractivity (Wildman–Crippen MR) is 94.5 cm³/mol. The largest absolute Gasteiger partial charge is 0.494 e. The van der Waals surface area contributed by atoms with Gasteiger partial charge in [-0.15, -0.1) is 0 Å². The molecule has 0 aliphatic carbocycles. The average molecular weight is 390 g/mol. The van der Waals surface area contributed by atoms with Gasteiger partial charge >= 0.3 is 0 Å². The molecule has 0 atom stereocenters. The lowest BCUT2D eigenvalue weighted by molar-refractivity contribution is -0.117. The first-order chi connectivity index (χ1) is 11.6. The Labute approximate surface area is 148 Å². The topological polar surface area (TPSA) is 71.5 Å². The maximum absolute atomic E-state index is 12.3. The molecule has 2 aromatic rings. The van der Waals surface area contributed by atoms with Gasteiger partial charge in [-0.05, 0) is 40.5 Å². The second kappa shape index (κ2) is 7.00. The van der Waals surface area contributed by atoms with Gasteiger partial charge in [-0.3, -0.25) is 14.6 Å². The van der Waals surface area contributed by atoms with Gasteiger partial charge in [0.1, 0.15) is 5.75 Å². The molecule has 2 amide bonds. The number of anilines is 2. The van der Waals surface area contributed by atoms with E-state index in [4.69, 9.17) is 4.74 Å². The number of carbonyl (C=O) groups excluding carboxylic acids is 2. The number of aromatic nitrogens is 1. The van der Waals surface area contributed by atoms with Crippen molar-refractivity contribution in [2.75, 3.05) is 23.9 Å². The van der Waals surface area contributed by atoms with Crippen molar-refractivity contribution in [1.29, 1.82) is 0 Å². The highest BCUT2D eigenvalue weighted by Gasteiger charge is 2.24. The third-order valence-corrected chi connectivity index (χ3v) is 4.20. The van der Waals surface area contributed by atoms with Gasteiger partial charge in [0.25, 0.3) is 5.91 Å². The van der Waals surface area contributed by atoms with Crippen LogP contribution in [0.15, 0.2) is 41.1 Å². The highest BCUT2D eigenvalue weighted by molar-refractivity contribution is 9.10. The molecule has 0 unspecified atom stereocenters. The third kappa shape index (κ3) is 3.41. The van der Waals surface area contributed by atoms with Crippen molar-refractivity contribution < 1.29 is 14.3 Å². The molecular formula is C17H16BrN3O3. The van der Waals surface area contributed by atoms with Crippen LogP contribution in [-0.4, -0.2) is 30.5 Å². The van der Waals surface area contributed by atoms with Crippen molar-refractivity contribution in [1.82, 2.24) is 4.98 Å². The Bertz CT molecular complexity index is 794. The Kier molecular flexibility index (Phi) is 4.80. The molecule has 24 heavy (non-hydrogen) atoms. The minimum absolute atomic E-state index is 0.0882. The summed E-state index contributed by atoms with van der Waals surface area (Å²) in [7, 11) is 1.54. The maximum atomic E-state index is 12.3. The Morgan fingerprint density at radius 2 is 2.17 bits per heavy atom. The monoisotopic (exact) mass is 389 g/mol. The van der Waals surface area contributed by atoms with Crippen LogP contribution < -0.4 is 15.0 Å². The molecule has 2 heterocycles. The van der Waals surface area contributed by atoms with Crippen LogP contribution in [0.4, 0.5) is 11.4 Å². The van der Waals surface area contributed by atoms with E-state index in [1.165, 1.54) is 6.20 Å². The SMILES string of the molecule is COc1cc(NC(=O)c2cncc(Br)c2)ccc1N1CCCC1=O. The van der Waals surface area contributed by atoms with Gasteiger partial charge in [0.05, 0.1) is 18.4 Å². The summed E-state index contributed by atoms with van der Waals surface area (Å²) in [6.45, 7) is 0.685. The van der Waals surface area contributed by atoms with E-state index in [9.17, 15) is 9.59 Å². The molecule has 0 saturated carbocycles. The molecule has 0 radical (unpaired) electrons. The second-order valence-electron chi connectivity index (χ2n) is 5.38. The summed E-state index contributed by atoms with van der Waals surface area (Å²) in [5, 5.41) is 2.81. The van der Waals surface area contributed by atoms with E-state index in [1.807, 2.05) is 0 Å². The number of nitrogens with zero attached hydrogens (tertiary/aromatic N) is 2. The van der Waals surface area contributed by atoms with E-state index >= 15 is 0 Å². The van der Waals surface area contributed by atoms with Gasteiger partial charge in [0, 0.05) is 41.6 Å². The lowest BCUT2D eigenvalue weighted by Crippen LogP contribution is -2.24. The molecular weight excluding hydrogens is 374 g/mol. The minimum Gasteiger partial charge on any atom is -0.494 e. The fourth-order valence-corrected chi connectivity index (χ4v) is 2.99. The first-order valence-electron chi connectivity index (χ1n) is 7.49. The van der Waals surface area contributed by atoms with Crippen molar-refractivity contribution in [2.45, 2.75) is 12.8 Å². The number of halogens is 1. The summed E-state index contributed by atoms with van der Waals surface area (Å²) in [6, 6.07) is 6.95. The van der Waals surface area contributed by atoms with E-state index < -0.39 is 0 Å². The minimum atomic E-state index is -0.268. The number of methoxy groups -OCH3 is 1. The molecule has 0 bridgehead atoms. The molecule has 3 rings (SSSR count). The van der Waals surface area contributed by atoms with Gasteiger partial charge in [-0.2, -0.15) is 0 Å². The van der Waals surface area contributed by atoms with Crippen LogP contribution in [0.1, 0.15) is 23.2 Å². The second-order valence-corrected chi connectivity index (χ2v) is 6.30. The van der Waals surface area contributed by atoms with Crippen molar-refractivity contribution in [3.05, 3.63) is 46.7 Å². The molecule has 1 aromatic heterocycles. The highest BCUT2D eigenvalue weighted by Crippen LogP contribution is 2.34. The first-order valence-corrected chi connectivity index (χ1v) is 8.28. The molecule has 1 aromatic carbocycles. The van der Waals surface area contributed by atoms with E-state index in [-0.39, 0.29) is 11.8 Å². The average Bonchev–Trinajstić information content (AvgIpc) is 3.00. The van der Waals surface area contributed by atoms with Crippen molar-refractivity contribution in [2.24, 2.45) is 0 Å². The first kappa shape index (κ1) is 16.4. The Morgan fingerprint density at radius 1 is 1.33 bits per heavy atom. The van der Waals surface area contributed by atoms with Gasteiger partial charge in [-0.25, -0.2) is 0 Å². The zero-order valence-electron chi connectivity index (χ0n) is 13.1. The smallest absolute Gasteiger partial charge is 0.257 e. The molecule has 7 heteroatoms. The number of nitrogens with one attached hydrogen (secondary N) is 1. The van der Waals surface area contributed by atoms with E-state index in [0.717, 1.165) is 16.6 Å². The summed E-state index contributed by atoms with van der Waals surface area (Å²) in [4.78, 5) is 29.9. The maximum Gasteiger partial charge on any atom is 0.257 e. The highest BCUT2D eigenvalue weighted by atomic mass is 79.9. The quantitative estimate of drug-likeness (QED) is 0.870. The van der Waals surface area contributed by atoms with Crippen molar-refractivity contribution >= 4 is 39.1 Å². The van der Waals surface area contributed by atoms with E-state index in [0.29, 0.717) is 30.0 Å². The number of hydrogen-bond donors (Lipinski definition) is 1. The molecule has 124 valence electrons. The van der Waals surface area contributed by atoms with E-state index in [1.54, 1.807) is 42.5 Å². The number of carbonyl (C=O) groups is 2. The predicted octanol–water partition coefficient (Wildman–Crippen LogP) is 3.23. The van der Waals surface area contributed by atoms with Crippen LogP contribution in [0.2, 0.25) is 0 Å². The van der Waals surface area contributed by atoms with Crippen molar-refractivity contribution in [3.63, 3.8) is 0 Å². The molecule has 1 aliphatic heterocycles. The van der Waals surface area contributed by atoms with E-state index in [2.05, 4.69) is 26.2 Å². The number of rotatable bonds is 4. The zero-order chi connectivity index (χ0) is 17.1. The summed E-state index contributed by atoms with van der Waals surface area (Å²) in [6.07, 6.45) is 4.50. The Morgan fingerprint density at radius 3 is 2.83 bits per heavy atom. The molecule has 1 N–H and O–H groups in total. The van der Waals surface area contributed by atoms with Crippen LogP contribution in [0.3, 0.4) is 0 Å². The zero-order valence-corrected chi connectivity index (χ0v) is 14.7. The summed E-state index contributed by atoms with van der Waals surface area (Å²) < 4.78 is 6.12. The fourth-order valence-electron chi connectivity index (χ4n) is 2.62. The Balaban J connectivity index is 1.82. The fraction of sp³-hybridized carbons (Fsp3) is 0.235. The molecule has 6 nitrogen and oxygen atoms in total. The van der Waals surface area contributed by atoms with Crippen LogP contribution >= 0.6 is 15.9 Å². The summed E-state index contributed by atoms with van der Waals surface area (Å²) >= 11 is 3.29. The molecule has 1 saturated heterocycles. The molecule has 1 fully saturated rings. The standard InChI is InChI=1S/C17H16BrN3O3/c1-24-15-8-13(4-5-14(15)21-6-2-3-16(21)22)20-17(23)11-7-12(18)10-19-9-11/h4-5,7-10H,2-3,6H2,1H3,(H,20,23). The lowest BCUT2D eigenvalue weighted by Gasteiger charge is -2.19. The summed E-state index contributed by atoms with van der Waals surface area (Å²) in [5.41, 5.74) is 1.76. The molecule has 0 spiro atoms. The van der Waals surface area contributed by atoms with Crippen LogP contribution in [-0.2, 0) is 4.79 Å². The number of ether oxygens (including phenoxy) is 1. The third-order valence-electron chi connectivity index (χ3n) is 3.77. The number of benzene rings is 1. The van der Waals surface area contributed by atoms with Gasteiger partial charge in [0.15, 0.2) is 0 Å². The van der Waals surface area contributed by atoms with Crippen LogP contribution in [0.25, 0.3) is 0 Å². The van der Waals surface area contributed by atoms with Crippen LogP contribution in [0.5, 0.6) is 5.75 Å². The van der Waals surface area contributed by atoms with Gasteiger partial charge < -0.3 is 15.0 Å². The Hall–Kier alpha value is -2.41. The van der Waals surface area contributed by atoms with Gasteiger partial charge in [0.2, 0.25) is 5.91 Å². The number of amides is 2. The number of hydrogen-bond acceptors (Lipinski definition) is 4. The lowest BCUT2D eigenvalue weighted by atomic mass is 10.2.